The van der Waals surface area contributed by atoms with Gasteiger partial charge >= 0.3 is 6.18 Å². The number of anilines is 1. The number of nitrogens with one attached hydrogen (secondary N) is 2. The highest BCUT2D eigenvalue weighted by molar-refractivity contribution is 7.89. The monoisotopic (exact) mass is 409 g/mol. The van der Waals surface area contributed by atoms with E-state index in [1.807, 2.05) is 12.1 Å². The van der Waals surface area contributed by atoms with Gasteiger partial charge in [0, 0.05) is 17.3 Å². The van der Waals surface area contributed by atoms with Crippen LogP contribution in [0, 0.1) is 0 Å². The fraction of sp³-hybridized carbons (Fsp3) is 0.111. The van der Waals surface area contributed by atoms with Crippen molar-refractivity contribution < 1.29 is 26.4 Å². The smallest absolute Gasteiger partial charge is 0.322 e. The Bertz CT molecular complexity index is 1110. The number of sulfonamides is 1. The number of alkyl halides is 3. The minimum Gasteiger partial charge on any atom is -0.322 e. The number of pyridine rings is 1. The molecule has 146 valence electrons. The molecule has 0 spiro atoms. The summed E-state index contributed by atoms with van der Waals surface area (Å²) in [5.41, 5.74) is 1.13. The van der Waals surface area contributed by atoms with Crippen molar-refractivity contribution >= 4 is 32.5 Å². The van der Waals surface area contributed by atoms with E-state index in [-0.39, 0.29) is 10.6 Å². The number of carbonyl (C=O) groups is 1. The molecule has 1 amide bonds. The van der Waals surface area contributed by atoms with E-state index in [1.165, 1.54) is 16.9 Å². The van der Waals surface area contributed by atoms with Gasteiger partial charge in [-0.1, -0.05) is 18.2 Å². The van der Waals surface area contributed by atoms with E-state index in [9.17, 15) is 26.4 Å². The van der Waals surface area contributed by atoms with Gasteiger partial charge in [-0.25, -0.2) is 13.1 Å². The van der Waals surface area contributed by atoms with Gasteiger partial charge in [0.05, 0.1) is 16.0 Å². The molecule has 0 aliphatic rings. The molecular weight excluding hydrogens is 395 g/mol. The number of para-hydroxylation sites is 1. The van der Waals surface area contributed by atoms with Crippen molar-refractivity contribution in [1.29, 1.82) is 0 Å². The highest BCUT2D eigenvalue weighted by Crippen LogP contribution is 2.20. The van der Waals surface area contributed by atoms with Gasteiger partial charge in [-0.05, 0) is 36.4 Å². The highest BCUT2D eigenvalue weighted by Gasteiger charge is 2.30. The van der Waals surface area contributed by atoms with Crippen LogP contribution in [0.4, 0.5) is 18.9 Å². The minimum absolute atomic E-state index is 0.285. The van der Waals surface area contributed by atoms with Crippen LogP contribution in [0.25, 0.3) is 10.9 Å². The number of benzene rings is 2. The fourth-order valence-corrected chi connectivity index (χ4v) is 3.48. The van der Waals surface area contributed by atoms with Gasteiger partial charge in [-0.3, -0.25) is 9.78 Å². The van der Waals surface area contributed by atoms with E-state index < -0.39 is 28.7 Å². The lowest BCUT2D eigenvalue weighted by Crippen LogP contribution is -2.33. The average Bonchev–Trinajstić information content (AvgIpc) is 2.66. The van der Waals surface area contributed by atoms with Crippen LogP contribution < -0.4 is 10.0 Å². The predicted octanol–water partition coefficient (Wildman–Crippen LogP) is 3.33. The number of hydrogen-bond donors (Lipinski definition) is 2. The molecule has 0 aliphatic heterocycles. The molecule has 3 aromatic rings. The number of nitrogens with zero attached hydrogens (tertiary/aromatic N) is 1. The zero-order valence-corrected chi connectivity index (χ0v) is 15.0. The molecule has 0 saturated carbocycles. The van der Waals surface area contributed by atoms with Gasteiger partial charge in [0.25, 0.3) is 5.91 Å². The van der Waals surface area contributed by atoms with Gasteiger partial charge in [0.1, 0.15) is 6.54 Å². The van der Waals surface area contributed by atoms with Crippen molar-refractivity contribution in [3.05, 3.63) is 66.4 Å². The van der Waals surface area contributed by atoms with Gasteiger partial charge in [-0.2, -0.15) is 13.2 Å². The summed E-state index contributed by atoms with van der Waals surface area (Å²) in [6, 6.07) is 13.5. The van der Waals surface area contributed by atoms with Crippen LogP contribution >= 0.6 is 0 Å². The molecule has 0 saturated heterocycles. The van der Waals surface area contributed by atoms with Crippen LogP contribution in [-0.4, -0.2) is 32.0 Å². The Balaban J connectivity index is 1.76. The van der Waals surface area contributed by atoms with Crippen LogP contribution in [0.3, 0.4) is 0 Å². The third-order valence-electron chi connectivity index (χ3n) is 3.76. The van der Waals surface area contributed by atoms with E-state index >= 15 is 0 Å². The second-order valence-electron chi connectivity index (χ2n) is 5.80. The molecule has 0 aliphatic carbocycles. The first-order valence-electron chi connectivity index (χ1n) is 7.97. The first-order valence-corrected chi connectivity index (χ1v) is 9.46. The number of carbonyl (C=O) groups excluding carboxylic acids is 1. The molecule has 1 heterocycles. The molecule has 10 heteroatoms. The van der Waals surface area contributed by atoms with Crippen molar-refractivity contribution in [1.82, 2.24) is 9.71 Å². The van der Waals surface area contributed by atoms with Gasteiger partial charge in [-0.15, -0.1) is 0 Å². The molecule has 2 aromatic carbocycles. The Kier molecular flexibility index (Phi) is 5.34. The number of amides is 1. The first-order chi connectivity index (χ1) is 13.2. The zero-order valence-electron chi connectivity index (χ0n) is 14.2. The fourth-order valence-electron chi connectivity index (χ4n) is 2.46. The Hall–Kier alpha value is -2.98. The van der Waals surface area contributed by atoms with Crippen LogP contribution in [0.15, 0.2) is 65.7 Å². The number of rotatable bonds is 5. The maximum Gasteiger partial charge on any atom is 0.402 e. The normalized spacial score (nSPS) is 12.1. The summed E-state index contributed by atoms with van der Waals surface area (Å²) in [6.07, 6.45) is -3.10. The summed E-state index contributed by atoms with van der Waals surface area (Å²) in [4.78, 5) is 16.4. The van der Waals surface area contributed by atoms with Gasteiger partial charge in [0.15, 0.2) is 0 Å². The SMILES string of the molecule is O=C(Nc1ccc(S(=O)(=O)NCC(F)(F)F)cc1)c1cccc2cccnc12. The highest BCUT2D eigenvalue weighted by atomic mass is 32.2. The van der Waals surface area contributed by atoms with E-state index in [2.05, 4.69) is 10.3 Å². The van der Waals surface area contributed by atoms with Crippen LogP contribution in [0.5, 0.6) is 0 Å². The molecule has 28 heavy (non-hydrogen) atoms. The largest absolute Gasteiger partial charge is 0.402 e. The third-order valence-corrected chi connectivity index (χ3v) is 5.18. The summed E-state index contributed by atoms with van der Waals surface area (Å²) in [5, 5.41) is 3.40. The minimum atomic E-state index is -4.66. The lowest BCUT2D eigenvalue weighted by atomic mass is 10.1. The van der Waals surface area contributed by atoms with Crippen molar-refractivity contribution in [2.45, 2.75) is 11.1 Å². The van der Waals surface area contributed by atoms with Gasteiger partial charge < -0.3 is 5.32 Å². The molecule has 0 fully saturated rings. The number of aromatic nitrogens is 1. The third kappa shape index (κ3) is 4.65. The van der Waals surface area contributed by atoms with Gasteiger partial charge in [0.2, 0.25) is 10.0 Å². The summed E-state index contributed by atoms with van der Waals surface area (Å²) in [7, 11) is -4.31. The maximum absolute atomic E-state index is 12.5. The van der Waals surface area contributed by atoms with Crippen molar-refractivity contribution in [3.8, 4) is 0 Å². The van der Waals surface area contributed by atoms with Crippen LogP contribution in [0.2, 0.25) is 0 Å². The molecule has 2 N–H and O–H groups in total. The quantitative estimate of drug-likeness (QED) is 0.677. The second-order valence-corrected chi connectivity index (χ2v) is 7.57. The van der Waals surface area contributed by atoms with Crippen LogP contribution in [-0.2, 0) is 10.0 Å². The lowest BCUT2D eigenvalue weighted by Gasteiger charge is -2.10. The van der Waals surface area contributed by atoms with Crippen LogP contribution in [0.1, 0.15) is 10.4 Å². The topological polar surface area (TPSA) is 88.2 Å². The van der Waals surface area contributed by atoms with E-state index in [4.69, 9.17) is 0 Å². The number of fused-ring (bicyclic) bond motifs is 1. The lowest BCUT2D eigenvalue weighted by molar-refractivity contribution is -0.121. The summed E-state index contributed by atoms with van der Waals surface area (Å²) >= 11 is 0. The molecule has 0 bridgehead atoms. The van der Waals surface area contributed by atoms with E-state index in [1.54, 1.807) is 24.4 Å². The van der Waals surface area contributed by atoms with Crippen molar-refractivity contribution in [2.24, 2.45) is 0 Å². The Labute approximate surface area is 158 Å². The average molecular weight is 409 g/mol. The zero-order chi connectivity index (χ0) is 20.4. The van der Waals surface area contributed by atoms with E-state index in [0.717, 1.165) is 17.5 Å². The Morgan fingerprint density at radius 1 is 1.00 bits per heavy atom. The molecule has 6 nitrogen and oxygen atoms in total. The number of halogens is 3. The molecular formula is C18H14F3N3O3S. The second kappa shape index (κ2) is 7.56. The summed E-state index contributed by atoms with van der Waals surface area (Å²) < 4.78 is 61.8. The number of hydrogen-bond acceptors (Lipinski definition) is 4. The Morgan fingerprint density at radius 3 is 2.36 bits per heavy atom. The molecule has 1 aromatic heterocycles. The maximum atomic E-state index is 12.5. The summed E-state index contributed by atoms with van der Waals surface area (Å²) in [6.45, 7) is -1.66. The molecule has 0 radical (unpaired) electrons. The predicted molar refractivity (Wildman–Crippen MR) is 97.4 cm³/mol. The molecule has 0 unspecified atom stereocenters. The standard InChI is InChI=1S/C18H14F3N3O3S/c19-18(20,21)11-23-28(26,27)14-8-6-13(7-9-14)24-17(25)15-5-1-3-12-4-2-10-22-16(12)15/h1-10,23H,11H2,(H,24,25). The molecule has 3 rings (SSSR count). The molecule has 0 atom stereocenters. The van der Waals surface area contributed by atoms with E-state index in [0.29, 0.717) is 11.1 Å². The van der Waals surface area contributed by atoms with Crippen molar-refractivity contribution in [2.75, 3.05) is 11.9 Å². The van der Waals surface area contributed by atoms with Crippen molar-refractivity contribution in [3.63, 3.8) is 0 Å². The summed E-state index contributed by atoms with van der Waals surface area (Å²) in [5.74, 6) is -0.449. The Morgan fingerprint density at radius 2 is 1.68 bits per heavy atom. The first kappa shape index (κ1) is 19.8.